The van der Waals surface area contributed by atoms with Gasteiger partial charge in [-0.2, -0.15) is 5.48 Å². The van der Waals surface area contributed by atoms with Crippen LogP contribution in [0.15, 0.2) is 0 Å². The molecule has 1 aliphatic carbocycles. The van der Waals surface area contributed by atoms with Crippen molar-refractivity contribution in [1.29, 1.82) is 0 Å². The molecule has 1 saturated carbocycles. The molecular weight excluding hydrogens is 160 g/mol. The van der Waals surface area contributed by atoms with Crippen LogP contribution in [0.2, 0.25) is 0 Å². The van der Waals surface area contributed by atoms with Gasteiger partial charge in [0.15, 0.2) is 0 Å². The van der Waals surface area contributed by atoms with Crippen LogP contribution >= 0.6 is 0 Å². The Kier molecular flexibility index (Phi) is 2.29. The molecule has 0 aromatic carbocycles. The Labute approximate surface area is 71.1 Å². The Bertz CT molecular complexity index is 167. The van der Waals surface area contributed by atoms with Gasteiger partial charge in [0.1, 0.15) is 0 Å². The van der Waals surface area contributed by atoms with E-state index in [1.807, 2.05) is 0 Å². The number of hydrogen-bond donors (Lipinski definition) is 1. The van der Waals surface area contributed by atoms with Gasteiger partial charge in [-0.25, -0.2) is 10.2 Å². The molecule has 2 aliphatic rings. The van der Waals surface area contributed by atoms with Crippen LogP contribution in [0, 0.1) is 5.21 Å². The quantitative estimate of drug-likeness (QED) is 0.612. The lowest BCUT2D eigenvalue weighted by Crippen LogP contribution is -2.41. The maximum Gasteiger partial charge on any atom is 0.0588 e. The second-order valence-corrected chi connectivity index (χ2v) is 3.34. The largest absolute Gasteiger partial charge is 0.760 e. The van der Waals surface area contributed by atoms with E-state index in [0.29, 0.717) is 5.23 Å². The number of fused-ring (bicyclic) bond motifs is 1. The maximum atomic E-state index is 11.0. The van der Waals surface area contributed by atoms with Crippen molar-refractivity contribution in [3.63, 3.8) is 0 Å². The Morgan fingerprint density at radius 3 is 3.17 bits per heavy atom. The SMILES string of the molecule is COC1CCC2C(C1)NON2[O-]. The van der Waals surface area contributed by atoms with Crippen LogP contribution in [-0.2, 0) is 9.68 Å². The van der Waals surface area contributed by atoms with Crippen molar-refractivity contribution >= 4 is 0 Å². The molecule has 0 radical (unpaired) electrons. The van der Waals surface area contributed by atoms with E-state index in [9.17, 15) is 5.21 Å². The number of ether oxygens (including phenoxy) is 1. The molecule has 70 valence electrons. The molecule has 0 aromatic heterocycles. The fourth-order valence-electron chi connectivity index (χ4n) is 1.90. The summed E-state index contributed by atoms with van der Waals surface area (Å²) in [7, 11) is 1.70. The summed E-state index contributed by atoms with van der Waals surface area (Å²) in [6.07, 6.45) is 2.93. The fraction of sp³-hybridized carbons (Fsp3) is 1.00. The maximum absolute atomic E-state index is 11.0. The van der Waals surface area contributed by atoms with E-state index in [2.05, 4.69) is 10.4 Å². The minimum Gasteiger partial charge on any atom is -0.760 e. The summed E-state index contributed by atoms with van der Waals surface area (Å²) in [5.74, 6) is 0. The van der Waals surface area contributed by atoms with Crippen molar-refractivity contribution in [1.82, 2.24) is 10.7 Å². The molecule has 1 heterocycles. The zero-order valence-electron chi connectivity index (χ0n) is 7.03. The molecule has 5 heteroatoms. The third kappa shape index (κ3) is 1.34. The topological polar surface area (TPSA) is 56.8 Å². The van der Waals surface area contributed by atoms with Crippen molar-refractivity contribution < 1.29 is 9.68 Å². The van der Waals surface area contributed by atoms with E-state index < -0.39 is 0 Å². The van der Waals surface area contributed by atoms with Gasteiger partial charge in [0.25, 0.3) is 0 Å². The van der Waals surface area contributed by atoms with E-state index in [1.165, 1.54) is 0 Å². The first-order valence-corrected chi connectivity index (χ1v) is 4.23. The lowest BCUT2D eigenvalue weighted by atomic mass is 9.89. The van der Waals surface area contributed by atoms with Gasteiger partial charge in [-0.05, 0) is 19.3 Å². The molecule has 1 aliphatic heterocycles. The highest BCUT2D eigenvalue weighted by atomic mass is 17.0. The summed E-state index contributed by atoms with van der Waals surface area (Å²) in [4.78, 5) is 4.66. The third-order valence-electron chi connectivity index (χ3n) is 2.66. The molecule has 0 bridgehead atoms. The predicted octanol–water partition coefficient (Wildman–Crippen LogP) is 0.172. The van der Waals surface area contributed by atoms with Crippen LogP contribution < -0.4 is 5.48 Å². The molecule has 0 aromatic rings. The molecular formula is C7H13N2O3-. The van der Waals surface area contributed by atoms with Crippen LogP contribution in [0.3, 0.4) is 0 Å². The minimum absolute atomic E-state index is 0.0172. The molecule has 1 N–H and O–H groups in total. The number of nitrogens with zero attached hydrogens (tertiary/aromatic N) is 1. The van der Waals surface area contributed by atoms with Crippen molar-refractivity contribution in [2.45, 2.75) is 37.5 Å². The van der Waals surface area contributed by atoms with Crippen molar-refractivity contribution in [2.75, 3.05) is 7.11 Å². The molecule has 3 unspecified atom stereocenters. The summed E-state index contributed by atoms with van der Waals surface area (Å²) in [6, 6.07) is 0.123. The smallest absolute Gasteiger partial charge is 0.0588 e. The van der Waals surface area contributed by atoms with E-state index in [4.69, 9.17) is 4.74 Å². The summed E-state index contributed by atoms with van der Waals surface area (Å²) in [6.45, 7) is 0. The highest BCUT2D eigenvalue weighted by Gasteiger charge is 2.36. The average Bonchev–Trinajstić information content (AvgIpc) is 2.47. The zero-order valence-corrected chi connectivity index (χ0v) is 7.03. The lowest BCUT2D eigenvalue weighted by molar-refractivity contribution is -0.137. The van der Waals surface area contributed by atoms with Crippen molar-refractivity contribution in [3.05, 3.63) is 5.21 Å². The van der Waals surface area contributed by atoms with Crippen LogP contribution in [0.4, 0.5) is 0 Å². The Morgan fingerprint density at radius 1 is 1.58 bits per heavy atom. The standard InChI is InChI=1S/C7H13N2O3/c1-11-5-2-3-7-6(4-5)8-12-9(7)10/h5-8H,2-4H2,1H3/q-1. The molecule has 1 saturated heterocycles. The second-order valence-electron chi connectivity index (χ2n) is 3.34. The number of hydrogen-bond acceptors (Lipinski definition) is 5. The fourth-order valence-corrected chi connectivity index (χ4v) is 1.90. The molecule has 0 spiro atoms. The van der Waals surface area contributed by atoms with Gasteiger partial charge < -0.3 is 9.94 Å². The van der Waals surface area contributed by atoms with Crippen molar-refractivity contribution in [3.8, 4) is 0 Å². The van der Waals surface area contributed by atoms with E-state index in [0.717, 1.165) is 19.3 Å². The van der Waals surface area contributed by atoms with E-state index >= 15 is 0 Å². The molecule has 0 amide bonds. The molecule has 12 heavy (non-hydrogen) atoms. The van der Waals surface area contributed by atoms with Gasteiger partial charge in [0, 0.05) is 13.2 Å². The first kappa shape index (κ1) is 8.40. The monoisotopic (exact) mass is 173 g/mol. The first-order valence-electron chi connectivity index (χ1n) is 4.23. The molecule has 2 rings (SSSR count). The van der Waals surface area contributed by atoms with Gasteiger partial charge in [0.05, 0.1) is 12.1 Å². The Morgan fingerprint density at radius 2 is 2.42 bits per heavy atom. The molecule has 3 atom stereocenters. The number of methoxy groups -OCH3 is 1. The highest BCUT2D eigenvalue weighted by molar-refractivity contribution is 4.90. The van der Waals surface area contributed by atoms with Crippen LogP contribution in [0.25, 0.3) is 0 Å². The highest BCUT2D eigenvalue weighted by Crippen LogP contribution is 2.28. The second kappa shape index (κ2) is 3.27. The summed E-state index contributed by atoms with van der Waals surface area (Å²) in [5, 5.41) is 11.7. The molecule has 5 nitrogen and oxygen atoms in total. The number of rotatable bonds is 1. The third-order valence-corrected chi connectivity index (χ3v) is 2.66. The predicted molar refractivity (Wildman–Crippen MR) is 41.7 cm³/mol. The van der Waals surface area contributed by atoms with E-state index in [-0.39, 0.29) is 18.2 Å². The summed E-state index contributed by atoms with van der Waals surface area (Å²) >= 11 is 0. The van der Waals surface area contributed by atoms with Gasteiger partial charge in [-0.3, -0.25) is 0 Å². The minimum atomic E-state index is -0.0172. The first-order chi connectivity index (χ1) is 5.81. The van der Waals surface area contributed by atoms with Crippen molar-refractivity contribution in [2.24, 2.45) is 0 Å². The summed E-state index contributed by atoms with van der Waals surface area (Å²) in [5.41, 5.74) is 2.71. The molecule has 2 fully saturated rings. The Balaban J connectivity index is 1.95. The van der Waals surface area contributed by atoms with Crippen LogP contribution in [0.1, 0.15) is 19.3 Å². The number of nitrogens with one attached hydrogen (secondary N) is 1. The number of hydroxylamine groups is 3. The normalized spacial score (nSPS) is 43.0. The van der Waals surface area contributed by atoms with Crippen LogP contribution in [-0.4, -0.2) is 30.5 Å². The average molecular weight is 173 g/mol. The van der Waals surface area contributed by atoms with Gasteiger partial charge in [-0.1, -0.05) is 0 Å². The Hall–Kier alpha value is -0.200. The lowest BCUT2D eigenvalue weighted by Gasteiger charge is -2.34. The van der Waals surface area contributed by atoms with Gasteiger partial charge in [-0.15, -0.1) is 0 Å². The van der Waals surface area contributed by atoms with Crippen LogP contribution in [0.5, 0.6) is 0 Å². The summed E-state index contributed by atoms with van der Waals surface area (Å²) < 4.78 is 5.22. The van der Waals surface area contributed by atoms with Gasteiger partial charge in [0.2, 0.25) is 0 Å². The van der Waals surface area contributed by atoms with E-state index in [1.54, 1.807) is 7.11 Å². The zero-order chi connectivity index (χ0) is 8.55. The van der Waals surface area contributed by atoms with Gasteiger partial charge >= 0.3 is 0 Å².